The monoisotopic (exact) mass is 436 g/mol. The number of rotatable bonds is 6. The van der Waals surface area contributed by atoms with Crippen molar-refractivity contribution in [2.45, 2.75) is 6.54 Å². The second-order valence-corrected chi connectivity index (χ2v) is 7.63. The molecule has 0 aliphatic heterocycles. The number of para-hydroxylation sites is 1. The molecule has 0 radical (unpaired) electrons. The van der Waals surface area contributed by atoms with E-state index < -0.39 is 5.97 Å². The van der Waals surface area contributed by atoms with Crippen molar-refractivity contribution in [1.29, 1.82) is 5.41 Å². The number of carboxylic acids is 1. The highest BCUT2D eigenvalue weighted by Gasteiger charge is 2.18. The van der Waals surface area contributed by atoms with Crippen LogP contribution in [-0.2, 0) is 6.54 Å². The van der Waals surface area contributed by atoms with E-state index in [2.05, 4.69) is 4.98 Å². The van der Waals surface area contributed by atoms with Crippen LogP contribution in [0.5, 0.6) is 11.5 Å². The fraction of sp³-hybridized carbons (Fsp3) is 0.0385. The Labute approximate surface area is 189 Å². The number of ether oxygens (including phenoxy) is 1. The highest BCUT2D eigenvalue weighted by Crippen LogP contribution is 2.33. The molecule has 7 nitrogen and oxygen atoms in total. The molecule has 0 bridgehead atoms. The van der Waals surface area contributed by atoms with Gasteiger partial charge in [-0.1, -0.05) is 48.5 Å². The average molecular weight is 436 g/mol. The largest absolute Gasteiger partial charge is 0.477 e. The van der Waals surface area contributed by atoms with Gasteiger partial charge in [0.05, 0.1) is 6.54 Å². The number of hydrogen-bond acceptors (Lipinski definition) is 4. The maximum Gasteiger partial charge on any atom is 0.352 e. The number of nitrogens with one attached hydrogen (secondary N) is 1. The number of aromatic carboxylic acids is 1. The topological polar surface area (TPSA) is 114 Å². The summed E-state index contributed by atoms with van der Waals surface area (Å²) in [7, 11) is 0. The van der Waals surface area contributed by atoms with E-state index in [1.807, 2.05) is 66.7 Å². The zero-order valence-corrected chi connectivity index (χ0v) is 17.5. The van der Waals surface area contributed by atoms with Crippen LogP contribution in [0.3, 0.4) is 0 Å². The average Bonchev–Trinajstić information content (AvgIpc) is 3.19. The molecule has 0 saturated heterocycles. The normalized spacial score (nSPS) is 11.0. The van der Waals surface area contributed by atoms with Gasteiger partial charge >= 0.3 is 5.97 Å². The van der Waals surface area contributed by atoms with Crippen LogP contribution in [0.15, 0.2) is 84.9 Å². The van der Waals surface area contributed by atoms with Crippen molar-refractivity contribution in [3.8, 4) is 11.5 Å². The molecule has 0 fully saturated rings. The fourth-order valence-electron chi connectivity index (χ4n) is 3.96. The first-order valence-corrected chi connectivity index (χ1v) is 10.3. The van der Waals surface area contributed by atoms with Crippen molar-refractivity contribution in [2.75, 3.05) is 0 Å². The molecule has 2 aromatic heterocycles. The number of nitrogen functional groups attached to an aromatic ring is 1. The van der Waals surface area contributed by atoms with Gasteiger partial charge in [-0.15, -0.1) is 0 Å². The zero-order valence-electron chi connectivity index (χ0n) is 17.5. The van der Waals surface area contributed by atoms with Gasteiger partial charge < -0.3 is 20.1 Å². The lowest BCUT2D eigenvalue weighted by Crippen LogP contribution is -2.14. The van der Waals surface area contributed by atoms with Gasteiger partial charge in [-0.05, 0) is 47.3 Å². The molecule has 5 rings (SSSR count). The number of fused-ring (bicyclic) bond motifs is 2. The van der Waals surface area contributed by atoms with Gasteiger partial charge in [0.15, 0.2) is 0 Å². The van der Waals surface area contributed by atoms with Crippen molar-refractivity contribution in [1.82, 2.24) is 9.55 Å². The Morgan fingerprint density at radius 1 is 0.970 bits per heavy atom. The maximum absolute atomic E-state index is 12.0. The van der Waals surface area contributed by atoms with Crippen LogP contribution < -0.4 is 10.5 Å². The first kappa shape index (κ1) is 20.3. The van der Waals surface area contributed by atoms with E-state index >= 15 is 0 Å². The molecule has 0 saturated carbocycles. The predicted molar refractivity (Wildman–Crippen MR) is 127 cm³/mol. The quantitative estimate of drug-likeness (QED) is 0.256. The third-order valence-corrected chi connectivity index (χ3v) is 5.51. The van der Waals surface area contributed by atoms with Gasteiger partial charge in [-0.25, -0.2) is 9.78 Å². The number of amidine groups is 1. The Hall–Kier alpha value is -4.65. The number of nitrogens with zero attached hydrogens (tertiary/aromatic N) is 2. The molecule has 0 aliphatic carbocycles. The van der Waals surface area contributed by atoms with Crippen LogP contribution in [0, 0.1) is 5.41 Å². The van der Waals surface area contributed by atoms with Gasteiger partial charge in [0.2, 0.25) is 0 Å². The molecular weight excluding hydrogens is 416 g/mol. The molecular formula is C26H20N4O3. The second-order valence-electron chi connectivity index (χ2n) is 7.63. The Morgan fingerprint density at radius 2 is 1.70 bits per heavy atom. The summed E-state index contributed by atoms with van der Waals surface area (Å²) in [5.41, 5.74) is 7.41. The Bertz CT molecular complexity index is 1520. The van der Waals surface area contributed by atoms with Gasteiger partial charge in [0.1, 0.15) is 34.4 Å². The van der Waals surface area contributed by atoms with E-state index in [1.165, 1.54) is 0 Å². The second kappa shape index (κ2) is 8.12. The van der Waals surface area contributed by atoms with E-state index in [0.29, 0.717) is 22.5 Å². The van der Waals surface area contributed by atoms with E-state index in [0.717, 1.165) is 22.1 Å². The maximum atomic E-state index is 12.0. The molecule has 5 aromatic rings. The summed E-state index contributed by atoms with van der Waals surface area (Å²) >= 11 is 0. The molecule has 0 amide bonds. The number of pyridine rings is 1. The van der Waals surface area contributed by atoms with Gasteiger partial charge in [-0.2, -0.15) is 0 Å². The summed E-state index contributed by atoms with van der Waals surface area (Å²) in [5, 5.41) is 20.0. The van der Waals surface area contributed by atoms with Crippen molar-refractivity contribution < 1.29 is 14.6 Å². The van der Waals surface area contributed by atoms with Gasteiger partial charge in [-0.3, -0.25) is 5.41 Å². The van der Waals surface area contributed by atoms with Crippen molar-refractivity contribution >= 4 is 33.6 Å². The van der Waals surface area contributed by atoms with Crippen LogP contribution in [0.1, 0.15) is 21.7 Å². The van der Waals surface area contributed by atoms with Crippen LogP contribution in [0.4, 0.5) is 0 Å². The molecule has 0 aliphatic rings. The Balaban J connectivity index is 1.63. The Morgan fingerprint density at radius 3 is 2.42 bits per heavy atom. The zero-order chi connectivity index (χ0) is 22.9. The van der Waals surface area contributed by atoms with Crippen LogP contribution in [0.2, 0.25) is 0 Å². The third kappa shape index (κ3) is 3.76. The molecule has 2 heterocycles. The van der Waals surface area contributed by atoms with Crippen molar-refractivity contribution in [3.63, 3.8) is 0 Å². The smallest absolute Gasteiger partial charge is 0.352 e. The summed E-state index contributed by atoms with van der Waals surface area (Å²) < 4.78 is 7.75. The highest BCUT2D eigenvalue weighted by atomic mass is 16.5. The summed E-state index contributed by atoms with van der Waals surface area (Å²) in [5.74, 6) is 0.231. The third-order valence-electron chi connectivity index (χ3n) is 5.51. The highest BCUT2D eigenvalue weighted by molar-refractivity contribution is 5.98. The summed E-state index contributed by atoms with van der Waals surface area (Å²) in [6, 6.07) is 26.2. The van der Waals surface area contributed by atoms with Gasteiger partial charge in [0.25, 0.3) is 0 Å². The summed E-state index contributed by atoms with van der Waals surface area (Å²) in [6.45, 7) is 0.283. The molecule has 0 spiro atoms. The van der Waals surface area contributed by atoms with E-state index in [1.54, 1.807) is 22.8 Å². The summed E-state index contributed by atoms with van der Waals surface area (Å²) in [4.78, 5) is 16.4. The molecule has 33 heavy (non-hydrogen) atoms. The number of hydrogen-bond donors (Lipinski definition) is 3. The minimum Gasteiger partial charge on any atom is -0.477 e. The van der Waals surface area contributed by atoms with E-state index in [4.69, 9.17) is 15.9 Å². The standard InChI is InChI=1S/C26H20N4O3/c27-24(28)21-12-10-16-14-22(26(31)32)30(25(16)29-21)15-17-11-13-23(20-9-5-4-8-19(17)20)33-18-6-2-1-3-7-18/h1-14H,15H2,(H3,27,28)(H,31,32). The van der Waals surface area contributed by atoms with Gasteiger partial charge in [0, 0.05) is 10.8 Å². The van der Waals surface area contributed by atoms with Crippen LogP contribution >= 0.6 is 0 Å². The number of nitrogens with two attached hydrogens (primary N) is 1. The molecule has 0 unspecified atom stereocenters. The van der Waals surface area contributed by atoms with Crippen molar-refractivity contribution in [2.24, 2.45) is 5.73 Å². The first-order valence-electron chi connectivity index (χ1n) is 10.3. The molecule has 4 N–H and O–H groups in total. The lowest BCUT2D eigenvalue weighted by Gasteiger charge is -2.14. The predicted octanol–water partition coefficient (Wildman–Crippen LogP) is 5.01. The van der Waals surface area contributed by atoms with E-state index in [9.17, 15) is 9.90 Å². The summed E-state index contributed by atoms with van der Waals surface area (Å²) in [6.07, 6.45) is 0. The minimum atomic E-state index is -1.05. The molecule has 162 valence electrons. The number of benzene rings is 3. The lowest BCUT2D eigenvalue weighted by atomic mass is 10.0. The van der Waals surface area contributed by atoms with E-state index in [-0.39, 0.29) is 18.1 Å². The first-order chi connectivity index (χ1) is 16.0. The molecule has 0 atom stereocenters. The molecule has 7 heteroatoms. The minimum absolute atomic E-state index is 0.117. The fourth-order valence-corrected chi connectivity index (χ4v) is 3.96. The number of aromatic nitrogens is 2. The number of carboxylic acid groups (broad SMARTS) is 1. The lowest BCUT2D eigenvalue weighted by molar-refractivity contribution is 0.0686. The molecule has 3 aromatic carbocycles. The Kier molecular flexibility index (Phi) is 4.99. The van der Waals surface area contributed by atoms with Crippen LogP contribution in [0.25, 0.3) is 21.8 Å². The van der Waals surface area contributed by atoms with Crippen LogP contribution in [-0.4, -0.2) is 26.5 Å². The van der Waals surface area contributed by atoms with Crippen molar-refractivity contribution in [3.05, 3.63) is 102 Å². The number of carbonyl (C=O) groups is 1. The SMILES string of the molecule is N=C(N)c1ccc2cc(C(=O)O)n(Cc3ccc(Oc4ccccc4)c4ccccc34)c2n1.